The molecule has 0 fully saturated rings. The summed E-state index contributed by atoms with van der Waals surface area (Å²) in [5.74, 6) is 0.623. The Morgan fingerprint density at radius 3 is 2.83 bits per heavy atom. The predicted molar refractivity (Wildman–Crippen MR) is 72.6 cm³/mol. The Labute approximate surface area is 110 Å². The molecule has 2 aromatic rings. The van der Waals surface area contributed by atoms with Gasteiger partial charge in [-0.3, -0.25) is 0 Å². The maximum atomic E-state index is 9.14. The van der Waals surface area contributed by atoms with Crippen LogP contribution in [0.1, 0.15) is 34.8 Å². The van der Waals surface area contributed by atoms with E-state index >= 15 is 0 Å². The molecule has 0 amide bonds. The van der Waals surface area contributed by atoms with E-state index in [9.17, 15) is 0 Å². The van der Waals surface area contributed by atoms with E-state index in [2.05, 4.69) is 21.4 Å². The van der Waals surface area contributed by atoms with Crippen LogP contribution in [0.3, 0.4) is 0 Å². The summed E-state index contributed by atoms with van der Waals surface area (Å²) in [4.78, 5) is 8.66. The summed E-state index contributed by atoms with van der Waals surface area (Å²) in [5.41, 5.74) is 2.54. The second-order valence-corrected chi connectivity index (χ2v) is 5.05. The van der Waals surface area contributed by atoms with Gasteiger partial charge in [0.05, 0.1) is 11.6 Å². The number of nitrogens with zero attached hydrogens (tertiary/aromatic N) is 3. The van der Waals surface area contributed by atoms with Gasteiger partial charge in [0.2, 0.25) is 0 Å². The predicted octanol–water partition coefficient (Wildman–Crippen LogP) is 3.20. The van der Waals surface area contributed by atoms with E-state index in [0.29, 0.717) is 11.4 Å². The van der Waals surface area contributed by atoms with Crippen LogP contribution in [0.15, 0.2) is 17.6 Å². The number of nitriles is 1. The van der Waals surface area contributed by atoms with Crippen molar-refractivity contribution < 1.29 is 0 Å². The molecule has 1 atom stereocenters. The highest BCUT2D eigenvalue weighted by Crippen LogP contribution is 2.24. The van der Waals surface area contributed by atoms with E-state index in [1.807, 2.05) is 32.2 Å². The van der Waals surface area contributed by atoms with Crippen molar-refractivity contribution in [1.29, 1.82) is 5.26 Å². The third-order valence-electron chi connectivity index (χ3n) is 2.63. The molecule has 2 aromatic heterocycles. The van der Waals surface area contributed by atoms with E-state index in [1.165, 1.54) is 0 Å². The third-order valence-corrected chi connectivity index (χ3v) is 3.78. The van der Waals surface area contributed by atoms with Crippen molar-refractivity contribution in [3.8, 4) is 6.07 Å². The normalized spacial score (nSPS) is 11.9. The number of aryl methyl sites for hydroxylation is 2. The van der Waals surface area contributed by atoms with Crippen LogP contribution in [-0.2, 0) is 0 Å². The number of nitrogens with one attached hydrogen (secondary N) is 1. The summed E-state index contributed by atoms with van der Waals surface area (Å²) >= 11 is 1.61. The van der Waals surface area contributed by atoms with Crippen molar-refractivity contribution in [2.75, 3.05) is 5.32 Å². The molecule has 5 heteroatoms. The molecule has 0 saturated heterocycles. The van der Waals surface area contributed by atoms with Crippen molar-refractivity contribution in [3.05, 3.63) is 39.5 Å². The van der Waals surface area contributed by atoms with Crippen LogP contribution in [0.4, 0.5) is 5.82 Å². The Hall–Kier alpha value is -1.93. The Kier molecular flexibility index (Phi) is 3.58. The van der Waals surface area contributed by atoms with Crippen LogP contribution >= 0.6 is 11.3 Å². The molecule has 0 spiro atoms. The van der Waals surface area contributed by atoms with E-state index in [1.54, 1.807) is 17.5 Å². The average molecular weight is 258 g/mol. The summed E-state index contributed by atoms with van der Waals surface area (Å²) in [6, 6.07) is 4.07. The zero-order valence-corrected chi connectivity index (χ0v) is 11.4. The van der Waals surface area contributed by atoms with Crippen LogP contribution in [0.2, 0.25) is 0 Å². The van der Waals surface area contributed by atoms with Crippen molar-refractivity contribution in [2.24, 2.45) is 0 Å². The van der Waals surface area contributed by atoms with Crippen molar-refractivity contribution in [1.82, 2.24) is 9.97 Å². The van der Waals surface area contributed by atoms with Crippen molar-refractivity contribution >= 4 is 17.2 Å². The first-order valence-electron chi connectivity index (χ1n) is 5.66. The molecular weight excluding hydrogens is 244 g/mol. The molecule has 1 N–H and O–H groups in total. The molecule has 18 heavy (non-hydrogen) atoms. The number of thiazole rings is 1. The molecule has 4 nitrogen and oxygen atoms in total. The summed E-state index contributed by atoms with van der Waals surface area (Å²) in [6.07, 6.45) is 1.71. The number of aromatic nitrogens is 2. The summed E-state index contributed by atoms with van der Waals surface area (Å²) < 4.78 is 0. The van der Waals surface area contributed by atoms with Gasteiger partial charge in [-0.1, -0.05) is 0 Å². The smallest absolute Gasteiger partial charge is 0.144 e. The maximum Gasteiger partial charge on any atom is 0.144 e. The summed E-state index contributed by atoms with van der Waals surface area (Å²) in [6.45, 7) is 5.89. The van der Waals surface area contributed by atoms with E-state index in [-0.39, 0.29) is 6.04 Å². The second-order valence-electron chi connectivity index (χ2n) is 4.16. The minimum Gasteiger partial charge on any atom is -0.360 e. The number of hydrogen-bond acceptors (Lipinski definition) is 5. The maximum absolute atomic E-state index is 9.14. The van der Waals surface area contributed by atoms with E-state index in [0.717, 1.165) is 16.3 Å². The fourth-order valence-corrected chi connectivity index (χ4v) is 2.45. The summed E-state index contributed by atoms with van der Waals surface area (Å²) in [7, 11) is 0. The number of pyridine rings is 1. The number of rotatable bonds is 3. The minimum absolute atomic E-state index is 0.0464. The molecule has 2 rings (SSSR count). The van der Waals surface area contributed by atoms with Gasteiger partial charge in [0, 0.05) is 17.3 Å². The van der Waals surface area contributed by atoms with Crippen LogP contribution in [0.25, 0.3) is 0 Å². The molecule has 2 heterocycles. The van der Waals surface area contributed by atoms with Crippen LogP contribution in [0, 0.1) is 25.2 Å². The van der Waals surface area contributed by atoms with Gasteiger partial charge in [-0.15, -0.1) is 11.3 Å². The lowest BCUT2D eigenvalue weighted by Gasteiger charge is -2.13. The van der Waals surface area contributed by atoms with Crippen LogP contribution in [-0.4, -0.2) is 9.97 Å². The van der Waals surface area contributed by atoms with E-state index < -0.39 is 0 Å². The molecule has 0 aliphatic carbocycles. The zero-order valence-electron chi connectivity index (χ0n) is 10.6. The molecule has 0 aliphatic rings. The first kappa shape index (κ1) is 12.5. The molecule has 0 aliphatic heterocycles. The van der Waals surface area contributed by atoms with Gasteiger partial charge in [-0.25, -0.2) is 9.97 Å². The monoisotopic (exact) mass is 258 g/mol. The number of hydrogen-bond donors (Lipinski definition) is 1. The third kappa shape index (κ3) is 2.49. The van der Waals surface area contributed by atoms with Crippen molar-refractivity contribution in [2.45, 2.75) is 26.8 Å². The molecule has 0 radical (unpaired) electrons. The first-order valence-corrected chi connectivity index (χ1v) is 6.54. The standard InChI is InChI=1S/C13H14N4S/c1-8-4-5-15-12(11(8)6-14)17-10(3)13-16-9(2)7-18-13/h4-5,7,10H,1-3H3,(H,15,17). The van der Waals surface area contributed by atoms with Gasteiger partial charge in [-0.05, 0) is 32.4 Å². The summed E-state index contributed by atoms with van der Waals surface area (Å²) in [5, 5.41) is 15.4. The first-order chi connectivity index (χ1) is 8.61. The molecule has 1 unspecified atom stereocenters. The Balaban J connectivity index is 2.25. The van der Waals surface area contributed by atoms with E-state index in [4.69, 9.17) is 5.26 Å². The highest BCUT2D eigenvalue weighted by atomic mass is 32.1. The Morgan fingerprint density at radius 1 is 1.44 bits per heavy atom. The molecular formula is C13H14N4S. The highest BCUT2D eigenvalue weighted by Gasteiger charge is 2.13. The lowest BCUT2D eigenvalue weighted by Crippen LogP contribution is -2.09. The molecule has 92 valence electrons. The fourth-order valence-electron chi connectivity index (χ4n) is 1.65. The second kappa shape index (κ2) is 5.15. The highest BCUT2D eigenvalue weighted by molar-refractivity contribution is 7.09. The molecule has 0 bridgehead atoms. The van der Waals surface area contributed by atoms with Crippen molar-refractivity contribution in [3.63, 3.8) is 0 Å². The van der Waals surface area contributed by atoms with Gasteiger partial charge in [0.15, 0.2) is 0 Å². The van der Waals surface area contributed by atoms with Gasteiger partial charge < -0.3 is 5.32 Å². The van der Waals surface area contributed by atoms with Crippen LogP contribution in [0.5, 0.6) is 0 Å². The molecule has 0 saturated carbocycles. The van der Waals surface area contributed by atoms with Gasteiger partial charge in [0.1, 0.15) is 16.9 Å². The topological polar surface area (TPSA) is 61.6 Å². The lowest BCUT2D eigenvalue weighted by atomic mass is 10.1. The minimum atomic E-state index is 0.0464. The Bertz CT molecular complexity index is 597. The van der Waals surface area contributed by atoms with Gasteiger partial charge >= 0.3 is 0 Å². The number of anilines is 1. The van der Waals surface area contributed by atoms with Gasteiger partial charge in [-0.2, -0.15) is 5.26 Å². The fraction of sp³-hybridized carbons (Fsp3) is 0.308. The zero-order chi connectivity index (χ0) is 13.1. The Morgan fingerprint density at radius 2 is 2.22 bits per heavy atom. The average Bonchev–Trinajstić information content (AvgIpc) is 2.76. The quantitative estimate of drug-likeness (QED) is 0.918. The SMILES string of the molecule is Cc1csc(C(C)Nc2nccc(C)c2C#N)n1. The largest absolute Gasteiger partial charge is 0.360 e. The van der Waals surface area contributed by atoms with Gasteiger partial charge in [0.25, 0.3) is 0 Å². The van der Waals surface area contributed by atoms with Crippen LogP contribution < -0.4 is 5.32 Å². The molecule has 0 aromatic carbocycles. The lowest BCUT2D eigenvalue weighted by molar-refractivity contribution is 0.854.